The molecule has 0 amide bonds. The molecular weight excluding hydrogens is 317 g/mol. The molecule has 2 aromatic heterocycles. The Labute approximate surface area is 145 Å². The summed E-state index contributed by atoms with van der Waals surface area (Å²) in [6, 6.07) is 10.8. The summed E-state index contributed by atoms with van der Waals surface area (Å²) >= 11 is 0. The van der Waals surface area contributed by atoms with Crippen molar-refractivity contribution in [2.24, 2.45) is 0 Å². The van der Waals surface area contributed by atoms with Crippen LogP contribution in [0.15, 0.2) is 48.8 Å². The molecule has 5 nitrogen and oxygen atoms in total. The van der Waals surface area contributed by atoms with Crippen molar-refractivity contribution in [3.63, 3.8) is 0 Å². The van der Waals surface area contributed by atoms with Crippen molar-refractivity contribution in [2.45, 2.75) is 18.9 Å². The Bertz CT molecular complexity index is 823. The maximum atomic E-state index is 13.3. The van der Waals surface area contributed by atoms with Crippen molar-refractivity contribution in [3.8, 4) is 22.4 Å². The Morgan fingerprint density at radius 2 is 1.68 bits per heavy atom. The molecule has 3 aromatic rings. The summed E-state index contributed by atoms with van der Waals surface area (Å²) in [6.07, 6.45) is 5.67. The zero-order chi connectivity index (χ0) is 17.1. The summed E-state index contributed by atoms with van der Waals surface area (Å²) in [4.78, 5) is 4.11. The molecule has 1 aliphatic heterocycles. The van der Waals surface area contributed by atoms with Gasteiger partial charge in [-0.1, -0.05) is 0 Å². The number of H-pyrrole nitrogens is 1. The summed E-state index contributed by atoms with van der Waals surface area (Å²) in [5.41, 5.74) is 3.80. The van der Waals surface area contributed by atoms with Crippen LogP contribution in [0.1, 0.15) is 12.8 Å². The highest BCUT2D eigenvalue weighted by molar-refractivity contribution is 5.88. The van der Waals surface area contributed by atoms with E-state index in [4.69, 9.17) is 0 Å². The lowest BCUT2D eigenvalue weighted by atomic mass is 10.0. The molecule has 25 heavy (non-hydrogen) atoms. The van der Waals surface area contributed by atoms with Crippen molar-refractivity contribution in [1.82, 2.24) is 20.5 Å². The average Bonchev–Trinajstić information content (AvgIpc) is 3.07. The summed E-state index contributed by atoms with van der Waals surface area (Å²) in [5, 5.41) is 14.6. The third-order valence-corrected chi connectivity index (χ3v) is 4.55. The molecule has 1 saturated heterocycles. The number of nitrogens with zero attached hydrogens (tertiary/aromatic N) is 2. The van der Waals surface area contributed by atoms with E-state index in [1.165, 1.54) is 12.1 Å². The van der Waals surface area contributed by atoms with Crippen LogP contribution in [0.2, 0.25) is 0 Å². The Balaban J connectivity index is 1.75. The number of halogens is 1. The summed E-state index contributed by atoms with van der Waals surface area (Å²) in [6.45, 7) is 2.02. The number of anilines is 1. The van der Waals surface area contributed by atoms with Crippen LogP contribution in [0.4, 0.5) is 10.2 Å². The predicted octanol–water partition coefficient (Wildman–Crippen LogP) is 3.44. The lowest BCUT2D eigenvalue weighted by molar-refractivity contribution is 0.478. The van der Waals surface area contributed by atoms with Gasteiger partial charge in [-0.3, -0.25) is 10.1 Å². The Hall–Kier alpha value is -2.73. The van der Waals surface area contributed by atoms with Gasteiger partial charge in [-0.15, -0.1) is 0 Å². The smallest absolute Gasteiger partial charge is 0.156 e. The molecule has 1 fully saturated rings. The maximum Gasteiger partial charge on any atom is 0.156 e. The molecule has 0 saturated carbocycles. The number of piperidine rings is 1. The molecule has 6 heteroatoms. The molecule has 1 aliphatic rings. The fourth-order valence-electron chi connectivity index (χ4n) is 3.23. The van der Waals surface area contributed by atoms with E-state index in [-0.39, 0.29) is 5.82 Å². The zero-order valence-corrected chi connectivity index (χ0v) is 13.8. The van der Waals surface area contributed by atoms with Gasteiger partial charge in [0, 0.05) is 24.0 Å². The van der Waals surface area contributed by atoms with E-state index in [2.05, 4.69) is 25.8 Å². The maximum absolute atomic E-state index is 13.3. The van der Waals surface area contributed by atoms with Gasteiger partial charge in [0.1, 0.15) is 5.82 Å². The van der Waals surface area contributed by atoms with Crippen LogP contribution in [-0.4, -0.2) is 34.3 Å². The highest BCUT2D eigenvalue weighted by Crippen LogP contribution is 2.36. The first-order valence-corrected chi connectivity index (χ1v) is 8.53. The first-order chi connectivity index (χ1) is 12.3. The first kappa shape index (κ1) is 15.8. The van der Waals surface area contributed by atoms with E-state index >= 15 is 0 Å². The Morgan fingerprint density at radius 1 is 0.960 bits per heavy atom. The number of nitrogens with one attached hydrogen (secondary N) is 3. The Morgan fingerprint density at radius 3 is 2.40 bits per heavy atom. The minimum Gasteiger partial charge on any atom is -0.365 e. The lowest BCUT2D eigenvalue weighted by Gasteiger charge is -2.24. The lowest BCUT2D eigenvalue weighted by Crippen LogP contribution is -2.35. The molecule has 0 bridgehead atoms. The second-order valence-corrected chi connectivity index (χ2v) is 6.23. The van der Waals surface area contributed by atoms with Crippen LogP contribution in [-0.2, 0) is 0 Å². The topological polar surface area (TPSA) is 65.6 Å². The minimum atomic E-state index is -0.248. The summed E-state index contributed by atoms with van der Waals surface area (Å²) in [5.74, 6) is 0.583. The fraction of sp³-hybridized carbons (Fsp3) is 0.263. The van der Waals surface area contributed by atoms with E-state index in [0.717, 1.165) is 54.1 Å². The van der Waals surface area contributed by atoms with Crippen molar-refractivity contribution in [1.29, 1.82) is 0 Å². The second-order valence-electron chi connectivity index (χ2n) is 6.23. The van der Waals surface area contributed by atoms with Crippen LogP contribution in [0.5, 0.6) is 0 Å². The molecule has 0 atom stereocenters. The molecule has 0 aliphatic carbocycles. The van der Waals surface area contributed by atoms with Crippen LogP contribution in [0, 0.1) is 5.82 Å². The van der Waals surface area contributed by atoms with Gasteiger partial charge >= 0.3 is 0 Å². The summed E-state index contributed by atoms with van der Waals surface area (Å²) < 4.78 is 13.3. The first-order valence-electron chi connectivity index (χ1n) is 8.53. The zero-order valence-electron chi connectivity index (χ0n) is 13.8. The normalized spacial score (nSPS) is 15.2. The van der Waals surface area contributed by atoms with E-state index in [1.54, 1.807) is 24.5 Å². The number of pyridine rings is 1. The number of hydrogen-bond acceptors (Lipinski definition) is 4. The highest BCUT2D eigenvalue weighted by Gasteiger charge is 2.20. The van der Waals surface area contributed by atoms with Crippen molar-refractivity contribution >= 4 is 5.82 Å². The van der Waals surface area contributed by atoms with E-state index in [9.17, 15) is 4.39 Å². The molecule has 0 unspecified atom stereocenters. The standard InChI is InChI=1S/C19H20FN5/c20-15-3-1-14(2-4-15)18-17(13-5-9-21-10-6-13)19(25-24-18)23-16-7-11-22-12-8-16/h1-6,9-10,16,22H,7-8,11-12H2,(H2,23,24,25). The molecule has 3 N–H and O–H groups in total. The molecule has 0 radical (unpaired) electrons. The van der Waals surface area contributed by atoms with Crippen molar-refractivity contribution < 1.29 is 4.39 Å². The van der Waals surface area contributed by atoms with Crippen molar-refractivity contribution in [3.05, 3.63) is 54.6 Å². The SMILES string of the molecule is Fc1ccc(-c2[nH]nc(NC3CCNCC3)c2-c2ccncc2)cc1. The van der Waals surface area contributed by atoms with Gasteiger partial charge in [0.2, 0.25) is 0 Å². The molecule has 4 rings (SSSR count). The van der Waals surface area contributed by atoms with Gasteiger partial charge in [-0.05, 0) is 67.9 Å². The largest absolute Gasteiger partial charge is 0.365 e. The van der Waals surface area contributed by atoms with Gasteiger partial charge in [0.05, 0.1) is 11.3 Å². The fourth-order valence-corrected chi connectivity index (χ4v) is 3.23. The van der Waals surface area contributed by atoms with Gasteiger partial charge in [0.25, 0.3) is 0 Å². The summed E-state index contributed by atoms with van der Waals surface area (Å²) in [7, 11) is 0. The van der Waals surface area contributed by atoms with E-state index in [0.29, 0.717) is 6.04 Å². The van der Waals surface area contributed by atoms with Crippen LogP contribution < -0.4 is 10.6 Å². The van der Waals surface area contributed by atoms with Gasteiger partial charge < -0.3 is 10.6 Å². The van der Waals surface area contributed by atoms with Crippen LogP contribution in [0.25, 0.3) is 22.4 Å². The third kappa shape index (κ3) is 3.39. The quantitative estimate of drug-likeness (QED) is 0.682. The molecule has 3 heterocycles. The van der Waals surface area contributed by atoms with E-state index < -0.39 is 0 Å². The third-order valence-electron chi connectivity index (χ3n) is 4.55. The molecule has 1 aromatic carbocycles. The number of hydrogen-bond donors (Lipinski definition) is 3. The number of aromatic nitrogens is 3. The van der Waals surface area contributed by atoms with E-state index in [1.807, 2.05) is 12.1 Å². The van der Waals surface area contributed by atoms with Gasteiger partial charge in [-0.2, -0.15) is 5.10 Å². The second kappa shape index (κ2) is 7.03. The van der Waals surface area contributed by atoms with Crippen LogP contribution >= 0.6 is 0 Å². The van der Waals surface area contributed by atoms with Crippen molar-refractivity contribution in [2.75, 3.05) is 18.4 Å². The number of rotatable bonds is 4. The number of aromatic amines is 1. The Kier molecular flexibility index (Phi) is 4.43. The minimum absolute atomic E-state index is 0.248. The number of benzene rings is 1. The molecule has 128 valence electrons. The van der Waals surface area contributed by atoms with Gasteiger partial charge in [-0.25, -0.2) is 4.39 Å². The highest BCUT2D eigenvalue weighted by atomic mass is 19.1. The molecular formula is C19H20FN5. The van der Waals surface area contributed by atoms with Crippen LogP contribution in [0.3, 0.4) is 0 Å². The van der Waals surface area contributed by atoms with Gasteiger partial charge in [0.15, 0.2) is 5.82 Å². The average molecular weight is 337 g/mol. The molecule has 0 spiro atoms. The predicted molar refractivity (Wildman–Crippen MR) is 96.7 cm³/mol. The monoisotopic (exact) mass is 337 g/mol.